The van der Waals surface area contributed by atoms with Crippen LogP contribution in [0.2, 0.25) is 0 Å². The van der Waals surface area contributed by atoms with Crippen LogP contribution in [0, 0.1) is 27.7 Å². The van der Waals surface area contributed by atoms with E-state index in [1.54, 1.807) is 34.4 Å². The van der Waals surface area contributed by atoms with Crippen molar-refractivity contribution in [2.45, 2.75) is 59.6 Å². The molecule has 6 heteroatoms. The second-order valence-corrected chi connectivity index (χ2v) is 17.5. The molecule has 2 heterocycles. The molecule has 0 aliphatic rings. The first-order valence-electron chi connectivity index (χ1n) is 15.8. The predicted molar refractivity (Wildman–Crippen MR) is 216 cm³/mol. The molecule has 0 saturated carbocycles. The average Bonchev–Trinajstić information content (AvgIpc) is 3.09. The quantitative estimate of drug-likeness (QED) is 0.132. The lowest BCUT2D eigenvalue weighted by Gasteiger charge is -2.16. The third-order valence-corrected chi connectivity index (χ3v) is 14.8. The van der Waals surface area contributed by atoms with E-state index >= 15 is 0 Å². The van der Waals surface area contributed by atoms with Crippen LogP contribution >= 0.6 is 34.4 Å². The van der Waals surface area contributed by atoms with E-state index in [0.717, 1.165) is 50.1 Å². The molecule has 0 radical (unpaired) electrons. The predicted octanol–water partition coefficient (Wildman–Crippen LogP) is 12.3. The molecule has 6 aromatic carbocycles. The van der Waals surface area contributed by atoms with Crippen molar-refractivity contribution in [3.63, 3.8) is 0 Å². The molecule has 2 nitrogen and oxygen atoms in total. The van der Waals surface area contributed by atoms with Gasteiger partial charge in [-0.25, -0.2) is 0 Å². The highest BCUT2D eigenvalue weighted by Crippen LogP contribution is 2.41. The van der Waals surface area contributed by atoms with Crippen LogP contribution in [0.4, 0.5) is 0 Å². The smallest absolute Gasteiger partial charge is 0.196 e. The van der Waals surface area contributed by atoms with Crippen molar-refractivity contribution in [2.75, 3.05) is 0 Å². The summed E-state index contributed by atoms with van der Waals surface area (Å²) in [6.45, 7) is 8.71. The number of fused-ring (bicyclic) bond motifs is 4. The monoisotopic (exact) mass is 711 g/mol. The van der Waals surface area contributed by atoms with Gasteiger partial charge in [-0.2, -0.15) is 0 Å². The number of hydrogen-bond donors (Lipinski definition) is 0. The molecule has 0 amide bonds. The first-order valence-corrected chi connectivity index (χ1v) is 19.4. The molecule has 8 aromatic rings. The molecule has 0 aliphatic heterocycles. The molecule has 8 rings (SSSR count). The Hall–Kier alpha value is -4.20. The zero-order chi connectivity index (χ0) is 33.1. The van der Waals surface area contributed by atoms with Crippen molar-refractivity contribution >= 4 is 85.7 Å². The van der Waals surface area contributed by atoms with Crippen molar-refractivity contribution in [2.24, 2.45) is 0 Å². The van der Waals surface area contributed by atoms with Gasteiger partial charge in [0, 0.05) is 67.3 Å². The molecule has 0 bridgehead atoms. The van der Waals surface area contributed by atoms with Gasteiger partial charge in [0.15, 0.2) is 25.5 Å². The molecule has 1 atom stereocenters. The standard InChI is InChI=1S/C42H31O2S4.CH4/c1-24-13-14-25(2)39(19-24)48(29-16-18-37-33(23-29)42(44)31-10-6-8-12-35(31)47-37)40-21-26(3)38(20-27(40)4)45-28-15-17-36-32(22-28)41(43)30-9-5-7-11-34(30)46-36;/h5-23H,1-4H3;1H4/q+1;. The molecule has 0 N–H and O–H groups in total. The maximum atomic E-state index is 13.8. The molecule has 2 aromatic heterocycles. The summed E-state index contributed by atoms with van der Waals surface area (Å²) in [4.78, 5) is 33.1. The van der Waals surface area contributed by atoms with Crippen molar-refractivity contribution < 1.29 is 0 Å². The van der Waals surface area contributed by atoms with E-state index in [1.165, 1.54) is 36.9 Å². The van der Waals surface area contributed by atoms with Gasteiger partial charge in [-0.1, -0.05) is 55.6 Å². The lowest BCUT2D eigenvalue weighted by molar-refractivity contribution is 1.15. The Morgan fingerprint density at radius 2 is 1.08 bits per heavy atom. The minimum absolute atomic E-state index is 0. The first-order chi connectivity index (χ1) is 23.2. The lowest BCUT2D eigenvalue weighted by atomic mass is 10.2. The number of aryl methyl sites for hydroxylation is 4. The fourth-order valence-corrected chi connectivity index (χ4v) is 12.0. The lowest BCUT2D eigenvalue weighted by Crippen LogP contribution is -2.10. The van der Waals surface area contributed by atoms with Crippen LogP contribution in [0.1, 0.15) is 29.7 Å². The first kappa shape index (κ1) is 33.3. The van der Waals surface area contributed by atoms with E-state index in [1.807, 2.05) is 48.5 Å². The Labute approximate surface area is 301 Å². The average molecular weight is 712 g/mol. The summed E-state index contributed by atoms with van der Waals surface area (Å²) in [5, 5.41) is 3.11. The summed E-state index contributed by atoms with van der Waals surface area (Å²) in [7, 11) is -0.430. The highest BCUT2D eigenvalue weighted by Gasteiger charge is 2.33. The van der Waals surface area contributed by atoms with Gasteiger partial charge in [0.25, 0.3) is 0 Å². The zero-order valence-electron chi connectivity index (χ0n) is 26.9. The molecule has 242 valence electrons. The van der Waals surface area contributed by atoms with Crippen molar-refractivity contribution in [3.8, 4) is 0 Å². The van der Waals surface area contributed by atoms with Crippen LogP contribution in [-0.4, -0.2) is 0 Å². The summed E-state index contributed by atoms with van der Waals surface area (Å²) < 4.78 is 4.05. The Morgan fingerprint density at radius 1 is 0.510 bits per heavy atom. The Bertz CT molecular complexity index is 2700. The summed E-state index contributed by atoms with van der Waals surface area (Å²) >= 11 is 5.05. The summed E-state index contributed by atoms with van der Waals surface area (Å²) in [5.74, 6) is 0. The number of rotatable bonds is 5. The van der Waals surface area contributed by atoms with Crippen molar-refractivity contribution in [1.29, 1.82) is 0 Å². The fourth-order valence-electron chi connectivity index (χ4n) is 6.27. The Morgan fingerprint density at radius 3 is 1.76 bits per heavy atom. The van der Waals surface area contributed by atoms with E-state index in [0.29, 0.717) is 0 Å². The van der Waals surface area contributed by atoms with E-state index in [-0.39, 0.29) is 18.3 Å². The molecule has 49 heavy (non-hydrogen) atoms. The second-order valence-electron chi connectivity index (χ2n) is 12.2. The summed E-state index contributed by atoms with van der Waals surface area (Å²) in [6.07, 6.45) is 0. The third kappa shape index (κ3) is 6.01. The number of hydrogen-bond acceptors (Lipinski definition) is 5. The maximum absolute atomic E-state index is 13.8. The minimum atomic E-state index is -0.430. The van der Waals surface area contributed by atoms with Crippen LogP contribution in [0.3, 0.4) is 0 Å². The van der Waals surface area contributed by atoms with Crippen LogP contribution in [0.25, 0.3) is 40.3 Å². The van der Waals surface area contributed by atoms with Gasteiger partial charge < -0.3 is 0 Å². The summed E-state index contributed by atoms with van der Waals surface area (Å²) in [5.41, 5.74) is 5.03. The number of benzene rings is 6. The highest BCUT2D eigenvalue weighted by atomic mass is 32.2. The zero-order valence-corrected chi connectivity index (χ0v) is 30.2. The van der Waals surface area contributed by atoms with E-state index in [9.17, 15) is 9.59 Å². The third-order valence-electron chi connectivity index (χ3n) is 8.81. The Kier molecular flexibility index (Phi) is 9.01. The fraction of sp³-hybridized carbons (Fsp3) is 0.116. The molecule has 0 saturated heterocycles. The Balaban J connectivity index is 0.00000378. The topological polar surface area (TPSA) is 34.1 Å². The highest BCUT2D eigenvalue weighted by molar-refractivity contribution is 7.99. The van der Waals surface area contributed by atoms with Gasteiger partial charge in [-0.05, 0) is 112 Å². The van der Waals surface area contributed by atoms with E-state index in [2.05, 4.69) is 94.4 Å². The van der Waals surface area contributed by atoms with Crippen LogP contribution in [0.5, 0.6) is 0 Å². The molecule has 0 spiro atoms. The van der Waals surface area contributed by atoms with E-state index in [4.69, 9.17) is 0 Å². The van der Waals surface area contributed by atoms with Crippen molar-refractivity contribution in [1.82, 2.24) is 0 Å². The van der Waals surface area contributed by atoms with Crippen LogP contribution in [-0.2, 0) is 10.9 Å². The van der Waals surface area contributed by atoms with Gasteiger partial charge in [0.1, 0.15) is 0 Å². The van der Waals surface area contributed by atoms with Crippen LogP contribution < -0.4 is 10.9 Å². The maximum Gasteiger partial charge on any atom is 0.196 e. The normalized spacial score (nSPS) is 12.1. The second kappa shape index (κ2) is 13.3. The summed E-state index contributed by atoms with van der Waals surface area (Å²) in [6, 6.07) is 39.8. The molecule has 0 aliphatic carbocycles. The molecule has 0 fully saturated rings. The molecule has 1 unspecified atom stereocenters. The van der Waals surface area contributed by atoms with Gasteiger partial charge in [0.2, 0.25) is 0 Å². The van der Waals surface area contributed by atoms with Gasteiger partial charge in [0.05, 0.1) is 10.9 Å². The molecular formula is C43H35O2S4+. The van der Waals surface area contributed by atoms with Crippen LogP contribution in [0.15, 0.2) is 149 Å². The van der Waals surface area contributed by atoms with Gasteiger partial charge in [-0.3, -0.25) is 9.59 Å². The minimum Gasteiger partial charge on any atom is -0.289 e. The van der Waals surface area contributed by atoms with E-state index < -0.39 is 10.9 Å². The largest absolute Gasteiger partial charge is 0.289 e. The molecular weight excluding hydrogens is 677 g/mol. The van der Waals surface area contributed by atoms with Gasteiger partial charge in [-0.15, -0.1) is 22.7 Å². The van der Waals surface area contributed by atoms with Gasteiger partial charge >= 0.3 is 0 Å². The SMILES string of the molecule is C.Cc1ccc(C)c([S+](c2ccc3sc4ccccc4c(=O)c3c2)c2cc(C)c(Sc3ccc4sc5ccccc5c(=O)c4c3)cc2C)c1. The van der Waals surface area contributed by atoms with Crippen molar-refractivity contribution in [3.05, 3.63) is 158 Å².